The number of hydrogen-bond acceptors (Lipinski definition) is 9. The van der Waals surface area contributed by atoms with E-state index in [1.54, 1.807) is 0 Å². The van der Waals surface area contributed by atoms with E-state index < -0.39 is 17.7 Å². The van der Waals surface area contributed by atoms with E-state index in [9.17, 15) is 9.30 Å². The third-order valence-corrected chi connectivity index (χ3v) is 5.89. The molecule has 0 bridgehead atoms. The molecule has 35 heavy (non-hydrogen) atoms. The summed E-state index contributed by atoms with van der Waals surface area (Å²) in [6.45, 7) is 2.80. The van der Waals surface area contributed by atoms with E-state index in [0.717, 1.165) is 24.8 Å². The molecule has 0 saturated carbocycles. The molecule has 1 atom stereocenters. The van der Waals surface area contributed by atoms with Crippen molar-refractivity contribution in [3.63, 3.8) is 0 Å². The highest BCUT2D eigenvalue weighted by atomic mass is 19.1. The van der Waals surface area contributed by atoms with Crippen LogP contribution in [-0.4, -0.2) is 53.6 Å². The number of fused-ring (bicyclic) bond motifs is 1. The molecule has 0 amide bonds. The Labute approximate surface area is 198 Å². The Morgan fingerprint density at radius 2 is 1.86 bits per heavy atom. The van der Waals surface area contributed by atoms with E-state index in [2.05, 4.69) is 30.2 Å². The first-order valence-corrected chi connectivity index (χ1v) is 10.9. The SMILES string of the molecule is COc1ccc(C(N=O)c2cc(-c3ncnc4cc(N5CCOCC5)ccc34)c(F)cc2F)nn1. The first-order chi connectivity index (χ1) is 17.1. The van der Waals surface area contributed by atoms with Gasteiger partial charge in [-0.25, -0.2) is 18.7 Å². The van der Waals surface area contributed by atoms with Gasteiger partial charge in [0, 0.05) is 47.4 Å². The number of nitroso groups, excluding NO2 is 1. The van der Waals surface area contributed by atoms with Crippen molar-refractivity contribution in [2.75, 3.05) is 38.3 Å². The molecule has 2 aromatic heterocycles. The minimum absolute atomic E-state index is 0.0167. The number of anilines is 1. The van der Waals surface area contributed by atoms with Crippen molar-refractivity contribution < 1.29 is 18.3 Å². The number of methoxy groups -OCH3 is 1. The molecule has 2 aromatic carbocycles. The summed E-state index contributed by atoms with van der Waals surface area (Å²) in [7, 11) is 1.42. The van der Waals surface area contributed by atoms with E-state index >= 15 is 4.39 Å². The highest BCUT2D eigenvalue weighted by Crippen LogP contribution is 2.35. The molecule has 1 aliphatic rings. The van der Waals surface area contributed by atoms with Gasteiger partial charge in [-0.15, -0.1) is 15.1 Å². The highest BCUT2D eigenvalue weighted by Gasteiger charge is 2.25. The normalized spacial score (nSPS) is 14.7. The third kappa shape index (κ3) is 4.37. The molecule has 0 spiro atoms. The zero-order valence-electron chi connectivity index (χ0n) is 18.7. The predicted molar refractivity (Wildman–Crippen MR) is 124 cm³/mol. The summed E-state index contributed by atoms with van der Waals surface area (Å²) in [6, 6.07) is 9.16. The Morgan fingerprint density at radius 1 is 1.03 bits per heavy atom. The number of benzene rings is 2. The van der Waals surface area contributed by atoms with Crippen molar-refractivity contribution in [3.05, 3.63) is 76.6 Å². The second kappa shape index (κ2) is 9.63. The largest absolute Gasteiger partial charge is 0.480 e. The molecular weight excluding hydrogens is 458 g/mol. The van der Waals surface area contributed by atoms with Crippen LogP contribution in [0.2, 0.25) is 0 Å². The molecule has 1 unspecified atom stereocenters. The standard InChI is InChI=1S/C24H20F2N6O3/c1-34-22-5-4-20(29-30-22)24(31-33)17-11-16(18(25)12-19(17)26)23-15-3-2-14(10-21(15)27-13-28-23)32-6-8-35-9-7-32/h2-5,10-13,24H,6-9H2,1H3. The summed E-state index contributed by atoms with van der Waals surface area (Å²) in [6.07, 6.45) is 1.33. The van der Waals surface area contributed by atoms with E-state index in [1.165, 1.54) is 31.6 Å². The zero-order valence-corrected chi connectivity index (χ0v) is 18.7. The van der Waals surface area contributed by atoms with Gasteiger partial charge in [-0.05, 0) is 30.3 Å². The summed E-state index contributed by atoms with van der Waals surface area (Å²) in [5.41, 5.74) is 1.81. The first kappa shape index (κ1) is 22.7. The molecule has 11 heteroatoms. The van der Waals surface area contributed by atoms with Crippen LogP contribution in [0.3, 0.4) is 0 Å². The topological polar surface area (TPSA) is 103 Å². The lowest BCUT2D eigenvalue weighted by Gasteiger charge is -2.29. The van der Waals surface area contributed by atoms with Crippen LogP contribution in [-0.2, 0) is 4.74 Å². The summed E-state index contributed by atoms with van der Waals surface area (Å²) >= 11 is 0. The minimum Gasteiger partial charge on any atom is -0.480 e. The van der Waals surface area contributed by atoms with Crippen LogP contribution >= 0.6 is 0 Å². The smallest absolute Gasteiger partial charge is 0.233 e. The molecule has 1 saturated heterocycles. The van der Waals surface area contributed by atoms with Crippen molar-refractivity contribution in [1.29, 1.82) is 0 Å². The van der Waals surface area contributed by atoms with Crippen molar-refractivity contribution in [2.24, 2.45) is 5.18 Å². The van der Waals surface area contributed by atoms with Crippen LogP contribution < -0.4 is 9.64 Å². The summed E-state index contributed by atoms with van der Waals surface area (Å²) in [4.78, 5) is 22.5. The molecule has 0 aliphatic carbocycles. The average Bonchev–Trinajstić information content (AvgIpc) is 2.90. The maximum atomic E-state index is 15.0. The predicted octanol–water partition coefficient (Wildman–Crippen LogP) is 4.07. The average molecular weight is 478 g/mol. The van der Waals surface area contributed by atoms with Crippen LogP contribution in [0.1, 0.15) is 17.3 Å². The number of halogens is 2. The van der Waals surface area contributed by atoms with Gasteiger partial charge in [0.15, 0.2) is 6.04 Å². The van der Waals surface area contributed by atoms with Crippen LogP contribution in [0.15, 0.2) is 54.0 Å². The number of nitrogens with zero attached hydrogens (tertiary/aromatic N) is 6. The van der Waals surface area contributed by atoms with Gasteiger partial charge in [0.1, 0.15) is 18.0 Å². The molecule has 4 aromatic rings. The summed E-state index contributed by atoms with van der Waals surface area (Å²) in [5.74, 6) is -1.53. The molecule has 1 aliphatic heterocycles. The zero-order chi connectivity index (χ0) is 24.4. The quantitative estimate of drug-likeness (QED) is 0.382. The minimum atomic E-state index is -1.34. The Bertz CT molecular complexity index is 1380. The van der Waals surface area contributed by atoms with E-state index in [0.29, 0.717) is 24.1 Å². The number of ether oxygens (including phenoxy) is 2. The van der Waals surface area contributed by atoms with E-state index in [1.807, 2.05) is 18.2 Å². The van der Waals surface area contributed by atoms with Crippen LogP contribution in [0.25, 0.3) is 22.2 Å². The fraction of sp³-hybridized carbons (Fsp3) is 0.250. The van der Waals surface area contributed by atoms with Crippen molar-refractivity contribution in [3.8, 4) is 17.1 Å². The second-order valence-electron chi connectivity index (χ2n) is 7.89. The molecule has 0 radical (unpaired) electrons. The van der Waals surface area contributed by atoms with Gasteiger partial charge in [-0.1, -0.05) is 5.18 Å². The maximum Gasteiger partial charge on any atom is 0.233 e. The number of aromatic nitrogens is 4. The first-order valence-electron chi connectivity index (χ1n) is 10.9. The van der Waals surface area contributed by atoms with Crippen LogP contribution in [0.4, 0.5) is 14.5 Å². The van der Waals surface area contributed by atoms with Gasteiger partial charge >= 0.3 is 0 Å². The molecular formula is C24H20F2N6O3. The molecule has 3 heterocycles. The molecule has 178 valence electrons. The Kier molecular flexibility index (Phi) is 6.23. The molecule has 5 rings (SSSR count). The van der Waals surface area contributed by atoms with E-state index in [-0.39, 0.29) is 28.4 Å². The summed E-state index contributed by atoms with van der Waals surface area (Å²) in [5, 5.41) is 11.3. The lowest BCUT2D eigenvalue weighted by Crippen LogP contribution is -2.36. The molecule has 9 nitrogen and oxygen atoms in total. The molecule has 1 fully saturated rings. The number of hydrogen-bond donors (Lipinski definition) is 0. The van der Waals surface area contributed by atoms with Gasteiger partial charge in [0.05, 0.1) is 37.2 Å². The maximum absolute atomic E-state index is 15.0. The van der Waals surface area contributed by atoms with Crippen LogP contribution in [0, 0.1) is 16.5 Å². The van der Waals surface area contributed by atoms with Crippen molar-refractivity contribution >= 4 is 16.6 Å². The van der Waals surface area contributed by atoms with Crippen molar-refractivity contribution in [1.82, 2.24) is 20.2 Å². The third-order valence-electron chi connectivity index (χ3n) is 5.89. The fourth-order valence-electron chi connectivity index (χ4n) is 4.09. The van der Waals surface area contributed by atoms with Gasteiger partial charge < -0.3 is 14.4 Å². The van der Waals surface area contributed by atoms with Gasteiger partial charge in [0.2, 0.25) is 5.88 Å². The Hall–Kier alpha value is -4.12. The van der Waals surface area contributed by atoms with Crippen molar-refractivity contribution in [2.45, 2.75) is 6.04 Å². The highest BCUT2D eigenvalue weighted by molar-refractivity contribution is 5.94. The molecule has 0 N–H and O–H groups in total. The Balaban J connectivity index is 1.58. The fourth-order valence-corrected chi connectivity index (χ4v) is 4.09. The van der Waals surface area contributed by atoms with Gasteiger partial charge in [-0.2, -0.15) is 0 Å². The lowest BCUT2D eigenvalue weighted by molar-refractivity contribution is 0.122. The monoisotopic (exact) mass is 478 g/mol. The number of rotatable bonds is 6. The van der Waals surface area contributed by atoms with Gasteiger partial charge in [-0.3, -0.25) is 0 Å². The van der Waals surface area contributed by atoms with Crippen LogP contribution in [0.5, 0.6) is 5.88 Å². The lowest BCUT2D eigenvalue weighted by atomic mass is 9.97. The Morgan fingerprint density at radius 3 is 2.57 bits per heavy atom. The van der Waals surface area contributed by atoms with E-state index in [4.69, 9.17) is 9.47 Å². The van der Waals surface area contributed by atoms with Gasteiger partial charge in [0.25, 0.3) is 0 Å². The summed E-state index contributed by atoms with van der Waals surface area (Å²) < 4.78 is 40.2. The number of morpholine rings is 1. The second-order valence-corrected chi connectivity index (χ2v) is 7.89.